The second-order valence-corrected chi connectivity index (χ2v) is 6.92. The molecule has 0 radical (unpaired) electrons. The van der Waals surface area contributed by atoms with Crippen molar-refractivity contribution in [3.63, 3.8) is 0 Å². The third kappa shape index (κ3) is 6.22. The Bertz CT molecular complexity index is 313. The van der Waals surface area contributed by atoms with Gasteiger partial charge in [0.05, 0.1) is 18.8 Å². The van der Waals surface area contributed by atoms with E-state index in [2.05, 4.69) is 12.2 Å². The molecule has 1 aliphatic rings. The summed E-state index contributed by atoms with van der Waals surface area (Å²) in [6.07, 6.45) is 6.75. The van der Waals surface area contributed by atoms with Crippen LogP contribution < -0.4 is 5.32 Å². The van der Waals surface area contributed by atoms with E-state index in [0.717, 1.165) is 12.8 Å². The molecule has 0 unspecified atom stereocenters. The fourth-order valence-electron chi connectivity index (χ4n) is 3.00. The highest BCUT2D eigenvalue weighted by Crippen LogP contribution is 2.33. The van der Waals surface area contributed by atoms with E-state index in [-0.39, 0.29) is 30.6 Å². The molecule has 1 aliphatic carbocycles. The normalized spacial score (nSPS) is 21.2. The molecule has 0 bridgehead atoms. The van der Waals surface area contributed by atoms with Gasteiger partial charge in [0.15, 0.2) is 0 Å². The molecular weight excluding hydrogens is 268 g/mol. The summed E-state index contributed by atoms with van der Waals surface area (Å²) in [4.78, 5) is 13.9. The third-order valence-corrected chi connectivity index (χ3v) is 4.50. The molecular formula is C16H32N2O3. The number of hydrogen-bond donors (Lipinski definition) is 3. The van der Waals surface area contributed by atoms with Crippen molar-refractivity contribution in [2.24, 2.45) is 5.41 Å². The zero-order valence-corrected chi connectivity index (χ0v) is 13.8. The van der Waals surface area contributed by atoms with Crippen molar-refractivity contribution < 1.29 is 15.0 Å². The van der Waals surface area contributed by atoms with Crippen LogP contribution in [0.5, 0.6) is 0 Å². The van der Waals surface area contributed by atoms with Crippen LogP contribution >= 0.6 is 0 Å². The molecule has 1 fully saturated rings. The Morgan fingerprint density at radius 3 is 2.29 bits per heavy atom. The highest BCUT2D eigenvalue weighted by atomic mass is 16.3. The quantitative estimate of drug-likeness (QED) is 0.658. The number of nitrogens with one attached hydrogen (secondary N) is 1. The van der Waals surface area contributed by atoms with E-state index < -0.39 is 6.10 Å². The smallest absolute Gasteiger partial charge is 0.317 e. The van der Waals surface area contributed by atoms with Gasteiger partial charge in [-0.2, -0.15) is 0 Å². The number of rotatable bonds is 6. The summed E-state index contributed by atoms with van der Waals surface area (Å²) in [5.41, 5.74) is 0.172. The van der Waals surface area contributed by atoms with Crippen molar-refractivity contribution in [1.29, 1.82) is 0 Å². The van der Waals surface area contributed by atoms with Crippen molar-refractivity contribution >= 4 is 6.03 Å². The number of amides is 2. The minimum absolute atomic E-state index is 0.0998. The van der Waals surface area contributed by atoms with Crippen LogP contribution in [0.25, 0.3) is 0 Å². The minimum Gasteiger partial charge on any atom is -0.394 e. The molecule has 0 aromatic heterocycles. The van der Waals surface area contributed by atoms with E-state index in [0.29, 0.717) is 6.54 Å². The second-order valence-electron chi connectivity index (χ2n) is 6.92. The zero-order valence-electron chi connectivity index (χ0n) is 13.8. The van der Waals surface area contributed by atoms with Crippen LogP contribution in [0.2, 0.25) is 0 Å². The van der Waals surface area contributed by atoms with Gasteiger partial charge in [0.25, 0.3) is 0 Å². The number of aliphatic hydroxyl groups is 2. The SMILES string of the molecule is C[C@H](O)CN(C(=O)NCC1(C)CCCCCC1)[C@H](C)CO. The van der Waals surface area contributed by atoms with Crippen LogP contribution in [0.15, 0.2) is 0 Å². The van der Waals surface area contributed by atoms with Gasteiger partial charge in [-0.1, -0.05) is 32.6 Å². The predicted octanol–water partition coefficient (Wildman–Crippen LogP) is 2.12. The van der Waals surface area contributed by atoms with Gasteiger partial charge in [-0.3, -0.25) is 0 Å². The monoisotopic (exact) mass is 300 g/mol. The molecule has 3 N–H and O–H groups in total. The van der Waals surface area contributed by atoms with E-state index in [1.54, 1.807) is 13.8 Å². The van der Waals surface area contributed by atoms with Gasteiger partial charge in [0, 0.05) is 13.1 Å². The number of hydrogen-bond acceptors (Lipinski definition) is 3. The molecule has 0 spiro atoms. The Morgan fingerprint density at radius 1 is 1.24 bits per heavy atom. The third-order valence-electron chi connectivity index (χ3n) is 4.50. The summed E-state index contributed by atoms with van der Waals surface area (Å²) in [7, 11) is 0. The van der Waals surface area contributed by atoms with Crippen molar-refractivity contribution in [2.75, 3.05) is 19.7 Å². The van der Waals surface area contributed by atoms with Gasteiger partial charge in [0.2, 0.25) is 0 Å². The molecule has 0 aromatic rings. The fraction of sp³-hybridized carbons (Fsp3) is 0.938. The largest absolute Gasteiger partial charge is 0.394 e. The lowest BCUT2D eigenvalue weighted by Gasteiger charge is -2.33. The molecule has 0 aromatic carbocycles. The lowest BCUT2D eigenvalue weighted by atomic mass is 9.82. The maximum Gasteiger partial charge on any atom is 0.317 e. The molecule has 0 heterocycles. The van der Waals surface area contributed by atoms with Gasteiger partial charge in [0.1, 0.15) is 0 Å². The van der Waals surface area contributed by atoms with E-state index in [4.69, 9.17) is 0 Å². The average molecular weight is 300 g/mol. The summed E-state index contributed by atoms with van der Waals surface area (Å²) >= 11 is 0. The molecule has 124 valence electrons. The van der Waals surface area contributed by atoms with Crippen molar-refractivity contribution in [1.82, 2.24) is 10.2 Å². The summed E-state index contributed by atoms with van der Waals surface area (Å²) in [6.45, 7) is 6.49. The number of urea groups is 1. The second kappa shape index (κ2) is 8.59. The van der Waals surface area contributed by atoms with Gasteiger partial charge in [-0.05, 0) is 32.1 Å². The Hall–Kier alpha value is -0.810. The molecule has 2 atom stereocenters. The Labute approximate surface area is 128 Å². The first-order chi connectivity index (χ1) is 9.88. The maximum absolute atomic E-state index is 12.3. The van der Waals surface area contributed by atoms with Gasteiger partial charge >= 0.3 is 6.03 Å². The molecule has 5 nitrogen and oxygen atoms in total. The van der Waals surface area contributed by atoms with E-state index in [1.165, 1.54) is 30.6 Å². The molecule has 5 heteroatoms. The van der Waals surface area contributed by atoms with Gasteiger partial charge in [-0.15, -0.1) is 0 Å². The first-order valence-corrected chi connectivity index (χ1v) is 8.21. The van der Waals surface area contributed by atoms with E-state index in [9.17, 15) is 15.0 Å². The molecule has 1 rings (SSSR count). The van der Waals surface area contributed by atoms with Crippen molar-refractivity contribution in [3.8, 4) is 0 Å². The lowest BCUT2D eigenvalue weighted by molar-refractivity contribution is 0.0918. The van der Waals surface area contributed by atoms with Crippen LogP contribution in [-0.4, -0.2) is 53.0 Å². The van der Waals surface area contributed by atoms with Crippen LogP contribution in [0, 0.1) is 5.41 Å². The predicted molar refractivity (Wildman–Crippen MR) is 84.1 cm³/mol. The van der Waals surface area contributed by atoms with Crippen molar-refractivity contribution in [2.45, 2.75) is 71.4 Å². The Morgan fingerprint density at radius 2 is 1.81 bits per heavy atom. The zero-order chi connectivity index (χ0) is 15.9. The Kier molecular flexibility index (Phi) is 7.46. The van der Waals surface area contributed by atoms with Crippen LogP contribution in [0.1, 0.15) is 59.3 Å². The number of aliphatic hydroxyl groups excluding tert-OH is 2. The molecule has 21 heavy (non-hydrogen) atoms. The molecule has 0 aliphatic heterocycles. The molecule has 0 saturated heterocycles. The summed E-state index contributed by atoms with van der Waals surface area (Å²) in [6, 6.07) is -0.482. The standard InChI is InChI=1S/C16H32N2O3/c1-13(11-19)18(10-14(2)20)15(21)17-12-16(3)8-6-4-5-7-9-16/h13-14,19-20H,4-12H2,1-3H3,(H,17,21)/t13-,14+/m1/s1. The number of carbonyl (C=O) groups excluding carboxylic acids is 1. The van der Waals surface area contributed by atoms with Crippen LogP contribution in [0.4, 0.5) is 4.79 Å². The van der Waals surface area contributed by atoms with E-state index in [1.807, 2.05) is 0 Å². The van der Waals surface area contributed by atoms with Gasteiger partial charge in [-0.25, -0.2) is 4.79 Å². The molecule has 2 amide bonds. The average Bonchev–Trinajstić information content (AvgIpc) is 2.66. The summed E-state index contributed by atoms with van der Waals surface area (Å²) in [5, 5.41) is 21.8. The Balaban J connectivity index is 2.55. The summed E-state index contributed by atoms with van der Waals surface area (Å²) < 4.78 is 0. The number of carbonyl (C=O) groups is 1. The highest BCUT2D eigenvalue weighted by molar-refractivity contribution is 5.74. The number of nitrogens with zero attached hydrogens (tertiary/aromatic N) is 1. The van der Waals surface area contributed by atoms with Crippen LogP contribution in [-0.2, 0) is 0 Å². The topological polar surface area (TPSA) is 72.8 Å². The van der Waals surface area contributed by atoms with Gasteiger partial charge < -0.3 is 20.4 Å². The molecule has 1 saturated carbocycles. The fourth-order valence-corrected chi connectivity index (χ4v) is 3.00. The first kappa shape index (κ1) is 18.2. The summed E-state index contributed by atoms with van der Waals surface area (Å²) in [5.74, 6) is 0. The van der Waals surface area contributed by atoms with Crippen molar-refractivity contribution in [3.05, 3.63) is 0 Å². The minimum atomic E-state index is -0.599. The first-order valence-electron chi connectivity index (χ1n) is 8.21. The maximum atomic E-state index is 12.3. The van der Waals surface area contributed by atoms with Crippen LogP contribution in [0.3, 0.4) is 0 Å². The highest BCUT2D eigenvalue weighted by Gasteiger charge is 2.28. The van der Waals surface area contributed by atoms with E-state index >= 15 is 0 Å². The lowest BCUT2D eigenvalue weighted by Crippen LogP contribution is -2.51.